The number of aliphatic imine (C=N–C) groups is 1. The van der Waals surface area contributed by atoms with Crippen LogP contribution in [0.4, 0.5) is 0 Å². The second-order valence-corrected chi connectivity index (χ2v) is 7.54. The Kier molecular flexibility index (Phi) is 4.49. The molecule has 2 saturated carbocycles. The van der Waals surface area contributed by atoms with Gasteiger partial charge in [0.1, 0.15) is 0 Å². The Morgan fingerprint density at radius 3 is 2.83 bits per heavy atom. The minimum Gasteiger partial charge on any atom is -0.377 e. The standard InChI is InChI=1S/C20H29N3O/c1-21-19(22-13-5-9-15-7-3-2-4-8-15)23-17-16-10-14-24-18(16)20(17)11-6-12-20/h2-4,7-8,16-18H,5-6,9-14H2,1H3,(H2,21,22,23). The first-order valence-electron chi connectivity index (χ1n) is 9.46. The van der Waals surface area contributed by atoms with Crippen molar-refractivity contribution in [3.05, 3.63) is 35.9 Å². The number of hydrogen-bond acceptors (Lipinski definition) is 2. The Labute approximate surface area is 145 Å². The van der Waals surface area contributed by atoms with Crippen LogP contribution in [0.25, 0.3) is 0 Å². The monoisotopic (exact) mass is 327 g/mol. The number of guanidine groups is 1. The maximum Gasteiger partial charge on any atom is 0.191 e. The summed E-state index contributed by atoms with van der Waals surface area (Å²) in [5.41, 5.74) is 1.81. The Bertz CT molecular complexity index is 582. The number of hydrogen-bond donors (Lipinski definition) is 2. The van der Waals surface area contributed by atoms with Crippen LogP contribution in [0.2, 0.25) is 0 Å². The van der Waals surface area contributed by atoms with Crippen LogP contribution in [-0.4, -0.2) is 38.3 Å². The third-order valence-corrected chi connectivity index (χ3v) is 6.33. The maximum atomic E-state index is 6.00. The predicted octanol–water partition coefficient (Wildman–Crippen LogP) is 2.74. The number of aryl methyl sites for hydroxylation is 1. The molecule has 0 bridgehead atoms. The zero-order chi connectivity index (χ0) is 16.4. The first kappa shape index (κ1) is 15.9. The molecule has 0 aromatic heterocycles. The summed E-state index contributed by atoms with van der Waals surface area (Å²) in [6.07, 6.45) is 7.93. The van der Waals surface area contributed by atoms with Crippen LogP contribution in [0.15, 0.2) is 35.3 Å². The maximum absolute atomic E-state index is 6.00. The molecule has 130 valence electrons. The number of nitrogens with zero attached hydrogens (tertiary/aromatic N) is 1. The molecule has 24 heavy (non-hydrogen) atoms. The topological polar surface area (TPSA) is 45.7 Å². The molecule has 3 fully saturated rings. The Morgan fingerprint density at radius 1 is 1.29 bits per heavy atom. The minimum atomic E-state index is 0.406. The smallest absolute Gasteiger partial charge is 0.191 e. The Morgan fingerprint density at radius 2 is 2.12 bits per heavy atom. The summed E-state index contributed by atoms with van der Waals surface area (Å²) in [4.78, 5) is 4.45. The highest BCUT2D eigenvalue weighted by atomic mass is 16.5. The lowest BCUT2D eigenvalue weighted by Gasteiger charge is -2.63. The van der Waals surface area contributed by atoms with Gasteiger partial charge in [0.25, 0.3) is 0 Å². The van der Waals surface area contributed by atoms with Crippen molar-refractivity contribution >= 4 is 5.96 Å². The Balaban J connectivity index is 1.26. The first-order chi connectivity index (χ1) is 11.8. The van der Waals surface area contributed by atoms with Gasteiger partial charge in [-0.25, -0.2) is 0 Å². The SMILES string of the molecule is CN=C(NCCCc1ccccc1)NC1C2CCOC2C12CCC2. The van der Waals surface area contributed by atoms with Gasteiger partial charge in [0.05, 0.1) is 6.10 Å². The quantitative estimate of drug-likeness (QED) is 0.497. The molecule has 1 saturated heterocycles. The second kappa shape index (κ2) is 6.75. The average molecular weight is 327 g/mol. The van der Waals surface area contributed by atoms with Crippen molar-refractivity contribution in [3.8, 4) is 0 Å². The number of nitrogens with one attached hydrogen (secondary N) is 2. The average Bonchev–Trinajstić information content (AvgIpc) is 2.99. The van der Waals surface area contributed by atoms with Gasteiger partial charge in [-0.15, -0.1) is 0 Å². The summed E-state index contributed by atoms with van der Waals surface area (Å²) < 4.78 is 6.00. The van der Waals surface area contributed by atoms with E-state index in [4.69, 9.17) is 4.74 Å². The highest BCUT2D eigenvalue weighted by molar-refractivity contribution is 5.80. The third-order valence-electron chi connectivity index (χ3n) is 6.33. The molecule has 3 atom stereocenters. The van der Waals surface area contributed by atoms with Crippen LogP contribution in [-0.2, 0) is 11.2 Å². The van der Waals surface area contributed by atoms with Gasteiger partial charge in [-0.2, -0.15) is 0 Å². The van der Waals surface area contributed by atoms with Crippen molar-refractivity contribution in [1.29, 1.82) is 0 Å². The van der Waals surface area contributed by atoms with E-state index in [-0.39, 0.29) is 0 Å². The fourth-order valence-electron chi connectivity index (χ4n) is 4.94. The first-order valence-corrected chi connectivity index (χ1v) is 9.46. The zero-order valence-electron chi connectivity index (χ0n) is 14.6. The summed E-state index contributed by atoms with van der Waals surface area (Å²) in [7, 11) is 1.88. The van der Waals surface area contributed by atoms with E-state index >= 15 is 0 Å². The lowest BCUT2D eigenvalue weighted by Crippen LogP contribution is -2.72. The summed E-state index contributed by atoms with van der Waals surface area (Å²) in [5.74, 6) is 1.65. The molecule has 3 aliphatic rings. The molecule has 2 N–H and O–H groups in total. The van der Waals surface area contributed by atoms with Crippen molar-refractivity contribution in [2.75, 3.05) is 20.2 Å². The van der Waals surface area contributed by atoms with Crippen molar-refractivity contribution in [3.63, 3.8) is 0 Å². The number of rotatable bonds is 5. The number of ether oxygens (including phenoxy) is 1. The molecule has 4 nitrogen and oxygen atoms in total. The lowest BCUT2D eigenvalue weighted by molar-refractivity contribution is -0.171. The fourth-order valence-corrected chi connectivity index (χ4v) is 4.94. The molecule has 0 radical (unpaired) electrons. The van der Waals surface area contributed by atoms with Gasteiger partial charge >= 0.3 is 0 Å². The molecule has 3 unspecified atom stereocenters. The summed E-state index contributed by atoms with van der Waals surface area (Å²) >= 11 is 0. The van der Waals surface area contributed by atoms with Crippen LogP contribution in [0.1, 0.15) is 37.7 Å². The second-order valence-electron chi connectivity index (χ2n) is 7.54. The Hall–Kier alpha value is -1.55. The van der Waals surface area contributed by atoms with E-state index in [0.29, 0.717) is 23.5 Å². The van der Waals surface area contributed by atoms with Gasteiger partial charge in [-0.05, 0) is 37.7 Å². The van der Waals surface area contributed by atoms with E-state index in [0.717, 1.165) is 32.0 Å². The molecule has 1 heterocycles. The molecule has 1 aliphatic heterocycles. The summed E-state index contributed by atoms with van der Waals surface area (Å²) in [6.45, 7) is 1.90. The highest BCUT2D eigenvalue weighted by Gasteiger charge is 2.66. The minimum absolute atomic E-state index is 0.406. The van der Waals surface area contributed by atoms with Gasteiger partial charge in [-0.1, -0.05) is 36.8 Å². The molecule has 2 aliphatic carbocycles. The van der Waals surface area contributed by atoms with Crippen LogP contribution in [0.5, 0.6) is 0 Å². The van der Waals surface area contributed by atoms with E-state index in [1.165, 1.54) is 31.2 Å². The van der Waals surface area contributed by atoms with Crippen LogP contribution in [0, 0.1) is 11.3 Å². The van der Waals surface area contributed by atoms with Crippen molar-refractivity contribution in [2.45, 2.75) is 50.7 Å². The predicted molar refractivity (Wildman–Crippen MR) is 97.2 cm³/mol. The molecule has 4 heteroatoms. The van der Waals surface area contributed by atoms with E-state index in [2.05, 4.69) is 46.0 Å². The normalized spacial score (nSPS) is 30.4. The molecule has 1 aromatic rings. The molecule has 0 amide bonds. The van der Waals surface area contributed by atoms with E-state index < -0.39 is 0 Å². The van der Waals surface area contributed by atoms with Gasteiger partial charge in [0, 0.05) is 37.6 Å². The van der Waals surface area contributed by atoms with E-state index in [1.54, 1.807) is 0 Å². The summed E-state index contributed by atoms with van der Waals surface area (Å²) in [5, 5.41) is 7.23. The zero-order valence-corrected chi connectivity index (χ0v) is 14.6. The van der Waals surface area contributed by atoms with E-state index in [1.807, 2.05) is 7.05 Å². The summed E-state index contributed by atoms with van der Waals surface area (Å²) in [6, 6.07) is 11.2. The van der Waals surface area contributed by atoms with Crippen LogP contribution in [0.3, 0.4) is 0 Å². The van der Waals surface area contributed by atoms with Gasteiger partial charge in [0.2, 0.25) is 0 Å². The third kappa shape index (κ3) is 2.71. The van der Waals surface area contributed by atoms with Gasteiger partial charge in [-0.3, -0.25) is 4.99 Å². The van der Waals surface area contributed by atoms with Crippen molar-refractivity contribution in [2.24, 2.45) is 16.3 Å². The van der Waals surface area contributed by atoms with Gasteiger partial charge in [0.15, 0.2) is 5.96 Å². The molecule has 4 rings (SSSR count). The van der Waals surface area contributed by atoms with Gasteiger partial charge < -0.3 is 15.4 Å². The molecule has 1 aromatic carbocycles. The van der Waals surface area contributed by atoms with Crippen molar-refractivity contribution < 1.29 is 4.74 Å². The largest absolute Gasteiger partial charge is 0.377 e. The number of fused-ring (bicyclic) bond motifs is 2. The molecular weight excluding hydrogens is 298 g/mol. The highest BCUT2D eigenvalue weighted by Crippen LogP contribution is 2.62. The fraction of sp³-hybridized carbons (Fsp3) is 0.650. The van der Waals surface area contributed by atoms with Crippen LogP contribution >= 0.6 is 0 Å². The lowest BCUT2D eigenvalue weighted by atomic mass is 9.46. The van der Waals surface area contributed by atoms with E-state index in [9.17, 15) is 0 Å². The molecule has 1 spiro atoms. The van der Waals surface area contributed by atoms with Crippen LogP contribution < -0.4 is 10.6 Å². The molecular formula is C20H29N3O. The number of benzene rings is 1. The van der Waals surface area contributed by atoms with Crippen molar-refractivity contribution in [1.82, 2.24) is 10.6 Å².